The number of carbonyl (C=O) groups is 2. The van der Waals surface area contributed by atoms with Gasteiger partial charge in [0.25, 0.3) is 5.91 Å². The van der Waals surface area contributed by atoms with Crippen LogP contribution in [0.2, 0.25) is 0 Å². The normalized spacial score (nSPS) is 13.9. The minimum absolute atomic E-state index is 0.127. The number of aromatic nitrogens is 2. The van der Waals surface area contributed by atoms with Gasteiger partial charge in [-0.3, -0.25) is 14.3 Å². The lowest BCUT2D eigenvalue weighted by molar-refractivity contribution is -0.129. The van der Waals surface area contributed by atoms with E-state index in [1.165, 1.54) is 0 Å². The van der Waals surface area contributed by atoms with Gasteiger partial charge in [0.05, 0.1) is 6.54 Å². The van der Waals surface area contributed by atoms with E-state index in [4.69, 9.17) is 0 Å². The number of hydrogen-bond acceptors (Lipinski definition) is 3. The highest BCUT2D eigenvalue weighted by molar-refractivity contribution is 5.94. The molecule has 6 heteroatoms. The molecule has 2 aromatic rings. The van der Waals surface area contributed by atoms with Gasteiger partial charge in [0.1, 0.15) is 0 Å². The average Bonchev–Trinajstić information content (AvgIpc) is 3.29. The first kappa shape index (κ1) is 16.2. The Morgan fingerprint density at radius 2 is 1.88 bits per heavy atom. The molecule has 0 unspecified atom stereocenters. The summed E-state index contributed by atoms with van der Waals surface area (Å²) in [5, 5.41) is 6.97. The summed E-state index contributed by atoms with van der Waals surface area (Å²) in [6.45, 7) is 2.76. The Morgan fingerprint density at radius 1 is 1.12 bits per heavy atom. The van der Waals surface area contributed by atoms with Crippen molar-refractivity contribution in [3.05, 3.63) is 53.9 Å². The second-order valence-electron chi connectivity index (χ2n) is 5.99. The molecule has 2 amide bonds. The quantitative estimate of drug-likeness (QED) is 0.878. The zero-order chi connectivity index (χ0) is 16.8. The van der Waals surface area contributed by atoms with E-state index in [-0.39, 0.29) is 11.8 Å². The van der Waals surface area contributed by atoms with E-state index in [0.717, 1.165) is 31.5 Å². The van der Waals surface area contributed by atoms with E-state index < -0.39 is 0 Å². The number of nitrogens with zero attached hydrogens (tertiary/aromatic N) is 3. The zero-order valence-corrected chi connectivity index (χ0v) is 13.6. The molecular weight excluding hydrogens is 304 g/mol. The molecule has 0 saturated carbocycles. The standard InChI is InChI=1S/C18H22N4O2/c23-17(21-11-1-2-12-21)8-10-19-18(24)16-6-4-15(5-7-16)14-22-13-3-9-20-22/h3-7,9,13H,1-2,8,10-12,14H2,(H,19,24). The van der Waals surface area contributed by atoms with Crippen molar-refractivity contribution < 1.29 is 9.59 Å². The van der Waals surface area contributed by atoms with Crippen molar-refractivity contribution in [2.75, 3.05) is 19.6 Å². The number of nitrogens with one attached hydrogen (secondary N) is 1. The lowest BCUT2D eigenvalue weighted by atomic mass is 10.1. The lowest BCUT2D eigenvalue weighted by Gasteiger charge is -2.15. The van der Waals surface area contributed by atoms with Gasteiger partial charge in [-0.1, -0.05) is 12.1 Å². The fourth-order valence-electron chi connectivity index (χ4n) is 2.85. The van der Waals surface area contributed by atoms with Gasteiger partial charge in [-0.05, 0) is 36.6 Å². The molecule has 0 bridgehead atoms. The molecule has 126 valence electrons. The topological polar surface area (TPSA) is 67.2 Å². The monoisotopic (exact) mass is 326 g/mol. The van der Waals surface area contributed by atoms with Crippen LogP contribution in [-0.4, -0.2) is 46.1 Å². The second kappa shape index (κ2) is 7.77. The Hall–Kier alpha value is -2.63. The summed E-state index contributed by atoms with van der Waals surface area (Å²) in [5.41, 5.74) is 1.69. The number of amides is 2. The van der Waals surface area contributed by atoms with E-state index >= 15 is 0 Å². The van der Waals surface area contributed by atoms with Crippen molar-refractivity contribution in [2.45, 2.75) is 25.8 Å². The van der Waals surface area contributed by atoms with Gasteiger partial charge in [-0.25, -0.2) is 0 Å². The largest absolute Gasteiger partial charge is 0.352 e. The summed E-state index contributed by atoms with van der Waals surface area (Å²) in [6.07, 6.45) is 6.18. The summed E-state index contributed by atoms with van der Waals surface area (Å²) in [6, 6.07) is 9.33. The van der Waals surface area contributed by atoms with Crippen LogP contribution in [0, 0.1) is 0 Å². The first-order valence-electron chi connectivity index (χ1n) is 8.35. The minimum Gasteiger partial charge on any atom is -0.352 e. The average molecular weight is 326 g/mol. The van der Waals surface area contributed by atoms with Crippen LogP contribution in [0.15, 0.2) is 42.7 Å². The highest BCUT2D eigenvalue weighted by atomic mass is 16.2. The molecule has 0 spiro atoms. The number of rotatable bonds is 6. The number of carbonyl (C=O) groups excluding carboxylic acids is 2. The van der Waals surface area contributed by atoms with Gasteiger partial charge < -0.3 is 10.2 Å². The van der Waals surface area contributed by atoms with E-state index in [1.54, 1.807) is 18.3 Å². The number of benzene rings is 1. The van der Waals surface area contributed by atoms with Crippen molar-refractivity contribution in [1.82, 2.24) is 20.0 Å². The number of likely N-dealkylation sites (tertiary alicyclic amines) is 1. The van der Waals surface area contributed by atoms with E-state index in [1.807, 2.05) is 34.0 Å². The van der Waals surface area contributed by atoms with Gasteiger partial charge in [0.15, 0.2) is 0 Å². The Bertz CT molecular complexity index is 674. The van der Waals surface area contributed by atoms with Crippen LogP contribution in [-0.2, 0) is 11.3 Å². The van der Waals surface area contributed by atoms with Gasteiger partial charge in [-0.15, -0.1) is 0 Å². The van der Waals surface area contributed by atoms with Crippen LogP contribution in [0.1, 0.15) is 35.2 Å². The second-order valence-corrected chi connectivity index (χ2v) is 5.99. The summed E-state index contributed by atoms with van der Waals surface area (Å²) in [7, 11) is 0. The SMILES string of the molecule is O=C(NCCC(=O)N1CCCC1)c1ccc(Cn2cccn2)cc1. The van der Waals surface area contributed by atoms with Crippen LogP contribution in [0.5, 0.6) is 0 Å². The van der Waals surface area contributed by atoms with Gasteiger partial charge in [0.2, 0.25) is 5.91 Å². The van der Waals surface area contributed by atoms with Crippen molar-refractivity contribution in [3.8, 4) is 0 Å². The fourth-order valence-corrected chi connectivity index (χ4v) is 2.85. The first-order chi connectivity index (χ1) is 11.7. The minimum atomic E-state index is -0.144. The highest BCUT2D eigenvalue weighted by Crippen LogP contribution is 2.09. The van der Waals surface area contributed by atoms with Crippen LogP contribution >= 0.6 is 0 Å². The smallest absolute Gasteiger partial charge is 0.251 e. The zero-order valence-electron chi connectivity index (χ0n) is 13.6. The van der Waals surface area contributed by atoms with Crippen molar-refractivity contribution >= 4 is 11.8 Å². The summed E-state index contributed by atoms with van der Waals surface area (Å²) >= 11 is 0. The fraction of sp³-hybridized carbons (Fsp3) is 0.389. The molecule has 0 radical (unpaired) electrons. The third kappa shape index (κ3) is 4.22. The van der Waals surface area contributed by atoms with Crippen LogP contribution in [0.3, 0.4) is 0 Å². The summed E-state index contributed by atoms with van der Waals surface area (Å²) in [4.78, 5) is 25.9. The molecule has 2 heterocycles. The lowest BCUT2D eigenvalue weighted by Crippen LogP contribution is -2.32. The molecule has 1 N–H and O–H groups in total. The highest BCUT2D eigenvalue weighted by Gasteiger charge is 2.17. The molecule has 0 atom stereocenters. The Morgan fingerprint density at radius 3 is 2.54 bits per heavy atom. The maximum absolute atomic E-state index is 12.1. The van der Waals surface area contributed by atoms with Crippen LogP contribution in [0.4, 0.5) is 0 Å². The molecule has 1 aromatic carbocycles. The maximum atomic E-state index is 12.1. The molecule has 3 rings (SSSR count). The molecule has 1 aliphatic rings. The van der Waals surface area contributed by atoms with Gasteiger partial charge >= 0.3 is 0 Å². The number of hydrogen-bond donors (Lipinski definition) is 1. The van der Waals surface area contributed by atoms with E-state index in [2.05, 4.69) is 10.4 Å². The molecule has 24 heavy (non-hydrogen) atoms. The van der Waals surface area contributed by atoms with Crippen molar-refractivity contribution in [3.63, 3.8) is 0 Å². The molecule has 1 saturated heterocycles. The molecule has 1 aromatic heterocycles. The van der Waals surface area contributed by atoms with E-state index in [9.17, 15) is 9.59 Å². The van der Waals surface area contributed by atoms with Crippen molar-refractivity contribution in [1.29, 1.82) is 0 Å². The Labute approximate surface area is 141 Å². The van der Waals surface area contributed by atoms with Gasteiger partial charge in [0, 0.05) is 44.0 Å². The molecule has 1 aliphatic heterocycles. The Kier molecular flexibility index (Phi) is 5.25. The molecule has 1 fully saturated rings. The molecule has 0 aliphatic carbocycles. The predicted molar refractivity (Wildman–Crippen MR) is 90.5 cm³/mol. The molecule has 6 nitrogen and oxygen atoms in total. The van der Waals surface area contributed by atoms with E-state index in [0.29, 0.717) is 25.1 Å². The maximum Gasteiger partial charge on any atom is 0.251 e. The van der Waals surface area contributed by atoms with Crippen LogP contribution < -0.4 is 5.32 Å². The Balaban J connectivity index is 1.45. The third-order valence-corrected chi connectivity index (χ3v) is 4.20. The van der Waals surface area contributed by atoms with Crippen molar-refractivity contribution in [2.24, 2.45) is 0 Å². The predicted octanol–water partition coefficient (Wildman–Crippen LogP) is 1.67. The van der Waals surface area contributed by atoms with Crippen LogP contribution in [0.25, 0.3) is 0 Å². The molecular formula is C18H22N4O2. The third-order valence-electron chi connectivity index (χ3n) is 4.20. The summed E-state index contributed by atoms with van der Waals surface area (Å²) in [5.74, 6) is -0.0165. The first-order valence-corrected chi connectivity index (χ1v) is 8.35. The van der Waals surface area contributed by atoms with Gasteiger partial charge in [-0.2, -0.15) is 5.10 Å². The summed E-state index contributed by atoms with van der Waals surface area (Å²) < 4.78 is 1.83.